The van der Waals surface area contributed by atoms with Gasteiger partial charge in [-0.25, -0.2) is 4.79 Å². The first kappa shape index (κ1) is 21.6. The molecule has 0 aliphatic carbocycles. The van der Waals surface area contributed by atoms with Gasteiger partial charge in [0.25, 0.3) is 0 Å². The van der Waals surface area contributed by atoms with Crippen molar-refractivity contribution in [1.82, 2.24) is 9.47 Å². The SMILES string of the molecule is C=CCN(C(=O)COC)C(C)C(=O)c1c(C)c(C(=O)OCC)n(C)c1C. The fourth-order valence-electron chi connectivity index (χ4n) is 3.00. The van der Waals surface area contributed by atoms with Crippen molar-refractivity contribution in [3.05, 3.63) is 35.2 Å². The number of hydrogen-bond donors (Lipinski definition) is 0. The van der Waals surface area contributed by atoms with Crippen molar-refractivity contribution in [3.63, 3.8) is 0 Å². The molecule has 0 aliphatic rings. The fraction of sp³-hybridized carbons (Fsp3) is 0.526. The molecule has 7 heteroatoms. The number of ketones is 1. The van der Waals surface area contributed by atoms with Crippen molar-refractivity contribution in [1.29, 1.82) is 0 Å². The van der Waals surface area contributed by atoms with Gasteiger partial charge in [-0.2, -0.15) is 0 Å². The highest BCUT2D eigenvalue weighted by atomic mass is 16.5. The molecular formula is C19H28N2O5. The Morgan fingerprint density at radius 2 is 1.92 bits per heavy atom. The van der Waals surface area contributed by atoms with Crippen LogP contribution < -0.4 is 0 Å². The van der Waals surface area contributed by atoms with E-state index >= 15 is 0 Å². The molecule has 1 heterocycles. The molecule has 0 saturated heterocycles. The van der Waals surface area contributed by atoms with Gasteiger partial charge in [0.1, 0.15) is 12.3 Å². The molecule has 144 valence electrons. The number of nitrogens with zero attached hydrogens (tertiary/aromatic N) is 2. The quantitative estimate of drug-likeness (QED) is 0.381. The number of aromatic nitrogens is 1. The van der Waals surface area contributed by atoms with Gasteiger partial charge in [0.15, 0.2) is 5.78 Å². The maximum atomic E-state index is 13.1. The lowest BCUT2D eigenvalue weighted by molar-refractivity contribution is -0.135. The van der Waals surface area contributed by atoms with Crippen LogP contribution in [-0.2, 0) is 21.3 Å². The Bertz CT molecular complexity index is 705. The lowest BCUT2D eigenvalue weighted by Crippen LogP contribution is -2.45. The third kappa shape index (κ3) is 4.22. The standard InChI is InChI=1S/C19H28N2O5/c1-8-10-21(15(22)11-25-7)14(5)18(23)16-12(3)17(19(24)26-9-2)20(6)13(16)4/h8,14H,1,9-11H2,2-7H3. The van der Waals surface area contributed by atoms with Crippen LogP contribution >= 0.6 is 0 Å². The van der Waals surface area contributed by atoms with E-state index in [-0.39, 0.29) is 31.4 Å². The van der Waals surface area contributed by atoms with Crippen LogP contribution in [0.3, 0.4) is 0 Å². The summed E-state index contributed by atoms with van der Waals surface area (Å²) in [6, 6.07) is -0.717. The van der Waals surface area contributed by atoms with Crippen LogP contribution in [0.5, 0.6) is 0 Å². The van der Waals surface area contributed by atoms with Gasteiger partial charge in [-0.3, -0.25) is 9.59 Å². The molecule has 1 unspecified atom stereocenters. The van der Waals surface area contributed by atoms with Crippen LogP contribution in [0.2, 0.25) is 0 Å². The van der Waals surface area contributed by atoms with Gasteiger partial charge >= 0.3 is 5.97 Å². The second-order valence-electron chi connectivity index (χ2n) is 6.02. The second-order valence-corrected chi connectivity index (χ2v) is 6.02. The number of Topliss-reactive ketones (excluding diaryl/α,β-unsaturated/α-hetero) is 1. The number of rotatable bonds is 9. The summed E-state index contributed by atoms with van der Waals surface area (Å²) < 4.78 is 11.6. The van der Waals surface area contributed by atoms with E-state index in [1.165, 1.54) is 12.0 Å². The van der Waals surface area contributed by atoms with Crippen molar-refractivity contribution >= 4 is 17.7 Å². The van der Waals surface area contributed by atoms with Crippen molar-refractivity contribution in [2.75, 3.05) is 26.9 Å². The molecule has 0 saturated carbocycles. The van der Waals surface area contributed by atoms with E-state index in [2.05, 4.69) is 6.58 Å². The Balaban J connectivity index is 3.31. The maximum Gasteiger partial charge on any atom is 0.355 e. The highest BCUT2D eigenvalue weighted by Crippen LogP contribution is 2.24. The monoisotopic (exact) mass is 364 g/mol. The van der Waals surface area contributed by atoms with E-state index in [0.29, 0.717) is 22.5 Å². The minimum absolute atomic E-state index is 0.119. The minimum Gasteiger partial charge on any atom is -0.461 e. The van der Waals surface area contributed by atoms with Crippen LogP contribution in [-0.4, -0.2) is 60.0 Å². The Hall–Kier alpha value is -2.41. The molecule has 1 amide bonds. The number of methoxy groups -OCH3 is 1. The van der Waals surface area contributed by atoms with Crippen LogP contribution in [0, 0.1) is 13.8 Å². The van der Waals surface area contributed by atoms with Crippen molar-refractivity contribution < 1.29 is 23.9 Å². The van der Waals surface area contributed by atoms with E-state index in [9.17, 15) is 14.4 Å². The highest BCUT2D eigenvalue weighted by Gasteiger charge is 2.31. The van der Waals surface area contributed by atoms with Gasteiger partial charge in [0.05, 0.1) is 12.6 Å². The molecule has 26 heavy (non-hydrogen) atoms. The predicted molar refractivity (Wildman–Crippen MR) is 98.4 cm³/mol. The smallest absolute Gasteiger partial charge is 0.355 e. The van der Waals surface area contributed by atoms with E-state index in [1.54, 1.807) is 45.4 Å². The summed E-state index contributed by atoms with van der Waals surface area (Å²) >= 11 is 0. The zero-order valence-electron chi connectivity index (χ0n) is 16.4. The van der Waals surface area contributed by atoms with E-state index in [4.69, 9.17) is 9.47 Å². The molecule has 0 radical (unpaired) electrons. The third-order valence-corrected chi connectivity index (χ3v) is 4.41. The topological polar surface area (TPSA) is 77.8 Å². The van der Waals surface area contributed by atoms with Gasteiger partial charge in [-0.1, -0.05) is 6.08 Å². The molecule has 1 aromatic rings. The van der Waals surface area contributed by atoms with E-state index in [1.807, 2.05) is 0 Å². The summed E-state index contributed by atoms with van der Waals surface area (Å²) in [5, 5.41) is 0. The normalized spacial score (nSPS) is 11.8. The van der Waals surface area contributed by atoms with Gasteiger partial charge < -0.3 is 18.9 Å². The molecule has 0 spiro atoms. The van der Waals surface area contributed by atoms with Gasteiger partial charge in [-0.15, -0.1) is 6.58 Å². The molecule has 1 aromatic heterocycles. The maximum absolute atomic E-state index is 13.1. The van der Waals surface area contributed by atoms with E-state index in [0.717, 1.165) is 0 Å². The van der Waals surface area contributed by atoms with Gasteiger partial charge in [0.2, 0.25) is 5.91 Å². The fourth-order valence-corrected chi connectivity index (χ4v) is 3.00. The van der Waals surface area contributed by atoms with Crippen LogP contribution in [0.25, 0.3) is 0 Å². The Kier molecular flexibility index (Phi) is 7.76. The Morgan fingerprint density at radius 3 is 2.42 bits per heavy atom. The van der Waals surface area contributed by atoms with Crippen LogP contribution in [0.4, 0.5) is 0 Å². The zero-order valence-corrected chi connectivity index (χ0v) is 16.4. The molecule has 0 bridgehead atoms. The number of hydrogen-bond acceptors (Lipinski definition) is 5. The second kappa shape index (κ2) is 9.33. The first-order valence-electron chi connectivity index (χ1n) is 8.49. The summed E-state index contributed by atoms with van der Waals surface area (Å²) in [4.78, 5) is 39.0. The first-order chi connectivity index (χ1) is 12.2. The molecule has 0 aromatic carbocycles. The summed E-state index contributed by atoms with van der Waals surface area (Å²) in [6.45, 7) is 10.9. The number of carbonyl (C=O) groups is 3. The molecule has 0 fully saturated rings. The van der Waals surface area contributed by atoms with Crippen molar-refractivity contribution in [2.45, 2.75) is 33.7 Å². The van der Waals surface area contributed by atoms with Crippen molar-refractivity contribution in [3.8, 4) is 0 Å². The largest absolute Gasteiger partial charge is 0.461 e. The average Bonchev–Trinajstić information content (AvgIpc) is 2.81. The predicted octanol–water partition coefficient (Wildman–Crippen LogP) is 2.05. The number of carbonyl (C=O) groups excluding carboxylic acids is 3. The Morgan fingerprint density at radius 1 is 1.31 bits per heavy atom. The summed E-state index contributed by atoms with van der Waals surface area (Å²) in [5.41, 5.74) is 1.99. The molecule has 0 aliphatic heterocycles. The number of esters is 1. The Labute approximate surface area is 154 Å². The van der Waals surface area contributed by atoms with Gasteiger partial charge in [0, 0.05) is 32.0 Å². The molecule has 7 nitrogen and oxygen atoms in total. The third-order valence-electron chi connectivity index (χ3n) is 4.41. The highest BCUT2D eigenvalue weighted by molar-refractivity contribution is 6.06. The molecular weight excluding hydrogens is 336 g/mol. The summed E-state index contributed by atoms with van der Waals surface area (Å²) in [6.07, 6.45) is 1.56. The molecule has 1 atom stereocenters. The summed E-state index contributed by atoms with van der Waals surface area (Å²) in [5.74, 6) is -1.01. The molecule has 0 N–H and O–H groups in total. The van der Waals surface area contributed by atoms with E-state index < -0.39 is 12.0 Å². The molecule has 1 rings (SSSR count). The van der Waals surface area contributed by atoms with Crippen molar-refractivity contribution in [2.24, 2.45) is 7.05 Å². The lowest BCUT2D eigenvalue weighted by atomic mass is 9.99. The number of ether oxygens (including phenoxy) is 2. The van der Waals surface area contributed by atoms with Gasteiger partial charge in [-0.05, 0) is 33.3 Å². The van der Waals surface area contributed by atoms with Crippen LogP contribution in [0.15, 0.2) is 12.7 Å². The minimum atomic E-state index is -0.717. The lowest BCUT2D eigenvalue weighted by Gasteiger charge is -2.27. The zero-order chi connectivity index (χ0) is 20.0. The first-order valence-corrected chi connectivity index (χ1v) is 8.49. The number of amides is 1. The average molecular weight is 364 g/mol. The summed E-state index contributed by atoms with van der Waals surface area (Å²) in [7, 11) is 3.14. The van der Waals surface area contributed by atoms with Crippen LogP contribution in [0.1, 0.15) is 46.0 Å².